The number of hydrogen-bond acceptors (Lipinski definition) is 8. The number of ether oxygens (including phenoxy) is 4. The van der Waals surface area contributed by atoms with Gasteiger partial charge in [-0.3, -0.25) is 14.6 Å². The van der Waals surface area contributed by atoms with Gasteiger partial charge in [0.1, 0.15) is 0 Å². The molecule has 0 bridgehead atoms. The van der Waals surface area contributed by atoms with Gasteiger partial charge in [-0.2, -0.15) is 12.6 Å². The van der Waals surface area contributed by atoms with Crippen LogP contribution in [0.2, 0.25) is 0 Å². The van der Waals surface area contributed by atoms with E-state index in [9.17, 15) is 9.59 Å². The molecular weight excluding hydrogens is 530 g/mol. The Morgan fingerprint density at radius 1 is 1.00 bits per heavy atom. The topological polar surface area (TPSA) is 92.1 Å². The predicted octanol–water partition coefficient (Wildman–Crippen LogP) is 5.03. The van der Waals surface area contributed by atoms with Crippen molar-refractivity contribution in [3.8, 4) is 23.0 Å². The fourth-order valence-electron chi connectivity index (χ4n) is 5.82. The molecule has 40 heavy (non-hydrogen) atoms. The quantitative estimate of drug-likeness (QED) is 0.237. The summed E-state index contributed by atoms with van der Waals surface area (Å²) in [6.45, 7) is 8.60. The van der Waals surface area contributed by atoms with Crippen LogP contribution >= 0.6 is 12.6 Å². The van der Waals surface area contributed by atoms with E-state index in [1.165, 1.54) is 7.11 Å². The number of likely N-dealkylation sites (N-methyl/N-ethyl adjacent to an activating group) is 1. The summed E-state index contributed by atoms with van der Waals surface area (Å²) >= 11 is 4.64. The number of aromatic nitrogens is 2. The van der Waals surface area contributed by atoms with Crippen molar-refractivity contribution in [2.24, 2.45) is 5.41 Å². The first-order valence-corrected chi connectivity index (χ1v) is 13.6. The molecule has 0 atom stereocenters. The fourth-order valence-corrected chi connectivity index (χ4v) is 6.22. The van der Waals surface area contributed by atoms with Crippen LogP contribution in [0.1, 0.15) is 34.1 Å². The second-order valence-electron chi connectivity index (χ2n) is 11.6. The van der Waals surface area contributed by atoms with E-state index in [-0.39, 0.29) is 29.6 Å². The number of nitrogens with zero attached hydrogens (tertiary/aromatic N) is 3. The molecule has 1 aliphatic rings. The van der Waals surface area contributed by atoms with E-state index in [1.54, 1.807) is 42.0 Å². The van der Waals surface area contributed by atoms with Crippen molar-refractivity contribution in [2.75, 3.05) is 34.6 Å². The minimum atomic E-state index is -0.616. The summed E-state index contributed by atoms with van der Waals surface area (Å²) in [5.41, 5.74) is 0.551. The second-order valence-corrected chi connectivity index (χ2v) is 12.8. The number of pyridine rings is 2. The average Bonchev–Trinajstić information content (AvgIpc) is 3.36. The molecule has 3 heterocycles. The van der Waals surface area contributed by atoms with Gasteiger partial charge in [0.2, 0.25) is 12.7 Å². The van der Waals surface area contributed by atoms with E-state index in [0.717, 1.165) is 10.8 Å². The zero-order valence-corrected chi connectivity index (χ0v) is 24.8. The van der Waals surface area contributed by atoms with E-state index in [4.69, 9.17) is 23.9 Å². The van der Waals surface area contributed by atoms with Gasteiger partial charge >= 0.3 is 0 Å². The molecule has 0 saturated carbocycles. The number of fused-ring (bicyclic) bond motifs is 6. The maximum atomic E-state index is 14.1. The zero-order valence-electron chi connectivity index (χ0n) is 24.0. The summed E-state index contributed by atoms with van der Waals surface area (Å²) in [5, 5.41) is 2.69. The van der Waals surface area contributed by atoms with Crippen LogP contribution in [0.15, 0.2) is 35.3 Å². The van der Waals surface area contributed by atoms with E-state index in [0.29, 0.717) is 57.8 Å². The lowest BCUT2D eigenvalue weighted by atomic mass is 9.82. The molecule has 0 spiro atoms. The van der Waals surface area contributed by atoms with Crippen LogP contribution in [-0.2, 0) is 11.3 Å². The first kappa shape index (κ1) is 27.9. The van der Waals surface area contributed by atoms with Crippen LogP contribution in [0.5, 0.6) is 23.0 Å². The van der Waals surface area contributed by atoms with E-state index in [1.807, 2.05) is 39.8 Å². The van der Waals surface area contributed by atoms with Crippen LogP contribution in [0.3, 0.4) is 0 Å². The number of benzene rings is 2. The summed E-state index contributed by atoms with van der Waals surface area (Å²) < 4.78 is 23.7. The highest BCUT2D eigenvalue weighted by atomic mass is 32.1. The Hall–Kier alpha value is -3.66. The van der Waals surface area contributed by atoms with Crippen LogP contribution in [0.25, 0.3) is 32.6 Å². The molecule has 0 radical (unpaired) electrons. The van der Waals surface area contributed by atoms with Crippen molar-refractivity contribution in [2.45, 2.75) is 45.4 Å². The van der Waals surface area contributed by atoms with Crippen molar-refractivity contribution in [3.05, 3.63) is 40.8 Å². The summed E-state index contributed by atoms with van der Waals surface area (Å²) in [4.78, 5) is 34.0. The van der Waals surface area contributed by atoms with Gasteiger partial charge in [-0.1, -0.05) is 27.7 Å². The lowest BCUT2D eigenvalue weighted by Gasteiger charge is -2.34. The molecule has 1 aliphatic heterocycles. The Morgan fingerprint density at radius 3 is 2.25 bits per heavy atom. The largest absolute Gasteiger partial charge is 0.493 e. The van der Waals surface area contributed by atoms with Crippen molar-refractivity contribution in [1.29, 1.82) is 0 Å². The number of methoxy groups -OCH3 is 2. The van der Waals surface area contributed by atoms with E-state index < -0.39 is 5.41 Å². The maximum Gasteiger partial charge on any atom is 0.259 e. The number of hydrogen-bond donors (Lipinski definition) is 1. The van der Waals surface area contributed by atoms with Crippen LogP contribution < -0.4 is 24.5 Å². The molecule has 0 unspecified atom stereocenters. The Morgan fingerprint density at radius 2 is 1.62 bits per heavy atom. The van der Waals surface area contributed by atoms with Crippen molar-refractivity contribution in [3.63, 3.8) is 0 Å². The summed E-state index contributed by atoms with van der Waals surface area (Å²) in [6, 6.07) is 7.19. The molecule has 0 fully saturated rings. The zero-order chi connectivity index (χ0) is 29.0. The lowest BCUT2D eigenvalue weighted by molar-refractivity contribution is -0.139. The number of carbonyl (C=O) groups excluding carboxylic acids is 1. The first-order chi connectivity index (χ1) is 18.8. The molecule has 4 aromatic rings. The maximum absolute atomic E-state index is 14.1. The Balaban J connectivity index is 1.69. The van der Waals surface area contributed by atoms with Gasteiger partial charge < -0.3 is 28.4 Å². The molecular formula is C30H35N3O6S. The molecule has 1 amide bonds. The molecule has 5 rings (SSSR count). The normalized spacial score (nSPS) is 13.3. The highest BCUT2D eigenvalue weighted by Gasteiger charge is 2.35. The van der Waals surface area contributed by atoms with Gasteiger partial charge in [0.25, 0.3) is 5.56 Å². The Bertz CT molecular complexity index is 1710. The van der Waals surface area contributed by atoms with Crippen LogP contribution in [0.4, 0.5) is 0 Å². The van der Waals surface area contributed by atoms with Gasteiger partial charge in [0.05, 0.1) is 30.6 Å². The standard InChI is InChI=1S/C30H35N3O6S/c1-29(2,15-30(3,4)40)28(35)32(5)8-9-33-26-19-12-24-25(39-16-38-24)13-21(19)31-14-20(26)17-10-22(36-6)23(37-7)11-18(17)27(33)34/h10-14,40H,8-9,15-16H2,1-7H3. The van der Waals surface area contributed by atoms with E-state index in [2.05, 4.69) is 12.6 Å². The molecule has 212 valence electrons. The highest BCUT2D eigenvalue weighted by molar-refractivity contribution is 7.81. The van der Waals surface area contributed by atoms with Crippen molar-refractivity contribution in [1.82, 2.24) is 14.5 Å². The molecule has 2 aromatic heterocycles. The van der Waals surface area contributed by atoms with Gasteiger partial charge in [-0.15, -0.1) is 0 Å². The minimum Gasteiger partial charge on any atom is -0.493 e. The SMILES string of the molecule is COc1cc2c(=O)n(CCN(C)C(=O)C(C)(C)CC(C)(C)S)c3c4cc5c(cc4ncc3c2cc1OC)OCO5. The number of amides is 1. The lowest BCUT2D eigenvalue weighted by Crippen LogP contribution is -2.43. The molecule has 9 nitrogen and oxygen atoms in total. The number of carbonyl (C=O) groups is 1. The van der Waals surface area contributed by atoms with Crippen molar-refractivity contribution >= 4 is 51.1 Å². The second kappa shape index (κ2) is 10.1. The smallest absolute Gasteiger partial charge is 0.259 e. The monoisotopic (exact) mass is 565 g/mol. The predicted molar refractivity (Wildman–Crippen MR) is 159 cm³/mol. The molecule has 2 aromatic carbocycles. The molecule has 10 heteroatoms. The van der Waals surface area contributed by atoms with E-state index >= 15 is 0 Å². The minimum absolute atomic E-state index is 0.00549. The third-order valence-electron chi connectivity index (χ3n) is 7.35. The fraction of sp³-hybridized carbons (Fsp3) is 0.433. The van der Waals surface area contributed by atoms with Gasteiger partial charge in [0.15, 0.2) is 23.0 Å². The van der Waals surface area contributed by atoms with Crippen LogP contribution in [0, 0.1) is 5.41 Å². The number of rotatable bonds is 8. The first-order valence-electron chi connectivity index (χ1n) is 13.1. The summed E-state index contributed by atoms with van der Waals surface area (Å²) in [7, 11) is 4.87. The third kappa shape index (κ3) is 4.89. The Labute approximate surface area is 238 Å². The van der Waals surface area contributed by atoms with Gasteiger partial charge in [0, 0.05) is 58.7 Å². The summed E-state index contributed by atoms with van der Waals surface area (Å²) in [6.07, 6.45) is 2.37. The van der Waals surface area contributed by atoms with Crippen LogP contribution in [-0.4, -0.2) is 59.7 Å². The van der Waals surface area contributed by atoms with Gasteiger partial charge in [-0.05, 0) is 24.6 Å². The third-order valence-corrected chi connectivity index (χ3v) is 7.51. The van der Waals surface area contributed by atoms with Gasteiger partial charge in [-0.25, -0.2) is 0 Å². The molecule has 0 saturated heterocycles. The summed E-state index contributed by atoms with van der Waals surface area (Å²) in [5.74, 6) is 2.17. The average molecular weight is 566 g/mol. The van der Waals surface area contributed by atoms with Crippen molar-refractivity contribution < 1.29 is 23.7 Å². The Kier molecular flexibility index (Phi) is 7.02. The highest BCUT2D eigenvalue weighted by Crippen LogP contribution is 2.40. The number of thiol groups is 1. The molecule has 0 aliphatic carbocycles. The molecule has 0 N–H and O–H groups in total.